The molecular formula is C14H17ClN2O2. The number of aryl methyl sites for hydroxylation is 2. The predicted molar refractivity (Wildman–Crippen MR) is 74.4 cm³/mol. The van der Waals surface area contributed by atoms with Crippen molar-refractivity contribution in [3.8, 4) is 5.75 Å². The van der Waals surface area contributed by atoms with Crippen molar-refractivity contribution in [3.05, 3.63) is 46.2 Å². The molecule has 4 nitrogen and oxygen atoms in total. The van der Waals surface area contributed by atoms with Crippen LogP contribution in [0.3, 0.4) is 0 Å². The highest BCUT2D eigenvalue weighted by atomic mass is 35.5. The van der Waals surface area contributed by atoms with Crippen molar-refractivity contribution in [1.82, 2.24) is 9.78 Å². The maximum absolute atomic E-state index is 6.14. The standard InChI is InChI=1S/C14H17ClN2O2/c1-10-13(14(15)17(2)16-10)9-19-8-11-5-4-6-12(7-11)18-3/h4-7H,8-9H2,1-3H3. The molecule has 0 aliphatic heterocycles. The summed E-state index contributed by atoms with van der Waals surface area (Å²) in [6, 6.07) is 7.81. The maximum Gasteiger partial charge on any atom is 0.132 e. The van der Waals surface area contributed by atoms with Crippen molar-refractivity contribution in [3.63, 3.8) is 0 Å². The Kier molecular flexibility index (Phi) is 4.45. The fourth-order valence-electron chi connectivity index (χ4n) is 1.87. The van der Waals surface area contributed by atoms with E-state index >= 15 is 0 Å². The highest BCUT2D eigenvalue weighted by Crippen LogP contribution is 2.20. The van der Waals surface area contributed by atoms with Crippen LogP contribution in [0.2, 0.25) is 5.15 Å². The smallest absolute Gasteiger partial charge is 0.132 e. The van der Waals surface area contributed by atoms with E-state index < -0.39 is 0 Å². The summed E-state index contributed by atoms with van der Waals surface area (Å²) in [5.74, 6) is 0.830. The first-order valence-electron chi connectivity index (χ1n) is 6.00. The second kappa shape index (κ2) is 6.08. The first kappa shape index (κ1) is 13.9. The van der Waals surface area contributed by atoms with Gasteiger partial charge in [0.25, 0.3) is 0 Å². The molecule has 0 bridgehead atoms. The minimum atomic E-state index is 0.454. The molecule has 0 amide bonds. The van der Waals surface area contributed by atoms with Crippen LogP contribution >= 0.6 is 11.6 Å². The molecule has 0 fully saturated rings. The van der Waals surface area contributed by atoms with Gasteiger partial charge >= 0.3 is 0 Å². The van der Waals surface area contributed by atoms with E-state index in [2.05, 4.69) is 5.10 Å². The zero-order valence-electron chi connectivity index (χ0n) is 11.3. The predicted octanol–water partition coefficient (Wildman–Crippen LogP) is 3.11. The highest BCUT2D eigenvalue weighted by Gasteiger charge is 2.11. The molecule has 0 radical (unpaired) electrons. The van der Waals surface area contributed by atoms with E-state index in [1.54, 1.807) is 11.8 Å². The van der Waals surface area contributed by atoms with Gasteiger partial charge in [0.1, 0.15) is 10.9 Å². The number of benzene rings is 1. The Morgan fingerprint density at radius 1 is 1.32 bits per heavy atom. The lowest BCUT2D eigenvalue weighted by Crippen LogP contribution is -1.96. The van der Waals surface area contributed by atoms with Gasteiger partial charge in [0.15, 0.2) is 0 Å². The van der Waals surface area contributed by atoms with Crippen molar-refractivity contribution >= 4 is 11.6 Å². The van der Waals surface area contributed by atoms with Gasteiger partial charge in [0.05, 0.1) is 26.0 Å². The number of hydrogen-bond donors (Lipinski definition) is 0. The van der Waals surface area contributed by atoms with Crippen LogP contribution in [0.25, 0.3) is 0 Å². The van der Waals surface area contributed by atoms with Crippen LogP contribution in [0.5, 0.6) is 5.75 Å². The summed E-state index contributed by atoms with van der Waals surface area (Å²) in [4.78, 5) is 0. The van der Waals surface area contributed by atoms with Gasteiger partial charge in [0, 0.05) is 12.6 Å². The van der Waals surface area contributed by atoms with E-state index in [-0.39, 0.29) is 0 Å². The van der Waals surface area contributed by atoms with E-state index in [0.29, 0.717) is 18.4 Å². The van der Waals surface area contributed by atoms with Crippen LogP contribution in [-0.4, -0.2) is 16.9 Å². The van der Waals surface area contributed by atoms with Crippen molar-refractivity contribution < 1.29 is 9.47 Å². The number of nitrogens with zero attached hydrogens (tertiary/aromatic N) is 2. The summed E-state index contributed by atoms with van der Waals surface area (Å²) in [7, 11) is 3.47. The van der Waals surface area contributed by atoms with E-state index in [0.717, 1.165) is 22.6 Å². The second-order valence-electron chi connectivity index (χ2n) is 4.32. The summed E-state index contributed by atoms with van der Waals surface area (Å²) in [6.45, 7) is 2.90. The normalized spacial score (nSPS) is 10.7. The van der Waals surface area contributed by atoms with Gasteiger partial charge in [0.2, 0.25) is 0 Å². The Morgan fingerprint density at radius 2 is 2.11 bits per heavy atom. The molecule has 0 unspecified atom stereocenters. The van der Waals surface area contributed by atoms with E-state index in [1.165, 1.54) is 0 Å². The third-order valence-corrected chi connectivity index (χ3v) is 3.39. The van der Waals surface area contributed by atoms with Crippen molar-refractivity contribution in [2.75, 3.05) is 7.11 Å². The average Bonchev–Trinajstić information content (AvgIpc) is 2.65. The monoisotopic (exact) mass is 280 g/mol. The van der Waals surface area contributed by atoms with Gasteiger partial charge < -0.3 is 9.47 Å². The molecule has 102 valence electrons. The fourth-order valence-corrected chi connectivity index (χ4v) is 2.10. The minimum absolute atomic E-state index is 0.454. The number of rotatable bonds is 5. The molecule has 0 atom stereocenters. The molecule has 2 aromatic rings. The summed E-state index contributed by atoms with van der Waals surface area (Å²) >= 11 is 6.14. The molecular weight excluding hydrogens is 264 g/mol. The highest BCUT2D eigenvalue weighted by molar-refractivity contribution is 6.30. The summed E-state index contributed by atoms with van der Waals surface area (Å²) in [5.41, 5.74) is 2.90. The van der Waals surface area contributed by atoms with Gasteiger partial charge in [-0.2, -0.15) is 5.10 Å². The maximum atomic E-state index is 6.14. The number of hydrogen-bond acceptors (Lipinski definition) is 3. The van der Waals surface area contributed by atoms with Gasteiger partial charge in [-0.25, -0.2) is 0 Å². The van der Waals surface area contributed by atoms with Gasteiger partial charge in [-0.1, -0.05) is 23.7 Å². The lowest BCUT2D eigenvalue weighted by Gasteiger charge is -2.06. The molecule has 19 heavy (non-hydrogen) atoms. The first-order valence-corrected chi connectivity index (χ1v) is 6.38. The van der Waals surface area contributed by atoms with Crippen molar-refractivity contribution in [1.29, 1.82) is 0 Å². The van der Waals surface area contributed by atoms with Gasteiger partial charge in [-0.3, -0.25) is 4.68 Å². The largest absolute Gasteiger partial charge is 0.497 e. The van der Waals surface area contributed by atoms with Crippen LogP contribution < -0.4 is 4.74 Å². The van der Waals surface area contributed by atoms with Gasteiger partial charge in [-0.05, 0) is 24.6 Å². The van der Waals surface area contributed by atoms with Crippen molar-refractivity contribution in [2.45, 2.75) is 20.1 Å². The molecule has 2 rings (SSSR count). The summed E-state index contributed by atoms with van der Waals surface area (Å²) in [6.07, 6.45) is 0. The number of aromatic nitrogens is 2. The lowest BCUT2D eigenvalue weighted by molar-refractivity contribution is 0.106. The Morgan fingerprint density at radius 3 is 2.74 bits per heavy atom. The molecule has 1 heterocycles. The number of ether oxygens (including phenoxy) is 2. The third kappa shape index (κ3) is 3.28. The Hall–Kier alpha value is -1.52. The zero-order valence-corrected chi connectivity index (χ0v) is 12.1. The van der Waals surface area contributed by atoms with Gasteiger partial charge in [-0.15, -0.1) is 0 Å². The second-order valence-corrected chi connectivity index (χ2v) is 4.68. The Bertz CT molecular complexity index is 567. The Labute approximate surface area is 117 Å². The molecule has 1 aromatic carbocycles. The Balaban J connectivity index is 1.96. The van der Waals surface area contributed by atoms with E-state index in [9.17, 15) is 0 Å². The quantitative estimate of drug-likeness (QED) is 0.844. The zero-order chi connectivity index (χ0) is 13.8. The van der Waals surface area contributed by atoms with Crippen LogP contribution in [0, 0.1) is 6.92 Å². The van der Waals surface area contributed by atoms with E-state index in [4.69, 9.17) is 21.1 Å². The van der Waals surface area contributed by atoms with Crippen LogP contribution in [-0.2, 0) is 25.0 Å². The van der Waals surface area contributed by atoms with Crippen LogP contribution in [0.4, 0.5) is 0 Å². The molecule has 0 aliphatic carbocycles. The molecule has 0 saturated heterocycles. The summed E-state index contributed by atoms with van der Waals surface area (Å²) < 4.78 is 12.5. The topological polar surface area (TPSA) is 36.3 Å². The fraction of sp³-hybridized carbons (Fsp3) is 0.357. The molecule has 0 saturated carbocycles. The molecule has 5 heteroatoms. The van der Waals surface area contributed by atoms with Crippen LogP contribution in [0.1, 0.15) is 16.8 Å². The number of halogens is 1. The first-order chi connectivity index (χ1) is 9.11. The molecule has 0 spiro atoms. The minimum Gasteiger partial charge on any atom is -0.497 e. The van der Waals surface area contributed by atoms with E-state index in [1.807, 2.05) is 38.2 Å². The SMILES string of the molecule is COc1cccc(COCc2c(C)nn(C)c2Cl)c1. The van der Waals surface area contributed by atoms with Crippen LogP contribution in [0.15, 0.2) is 24.3 Å². The lowest BCUT2D eigenvalue weighted by atomic mass is 10.2. The average molecular weight is 281 g/mol. The van der Waals surface area contributed by atoms with Crippen molar-refractivity contribution in [2.24, 2.45) is 7.05 Å². The molecule has 0 aliphatic rings. The molecule has 0 N–H and O–H groups in total. The summed E-state index contributed by atoms with van der Waals surface area (Å²) in [5, 5.41) is 4.88. The third-order valence-electron chi connectivity index (χ3n) is 2.92. The molecule has 1 aromatic heterocycles. The number of methoxy groups -OCH3 is 1.